The first kappa shape index (κ1) is 10.2. The van der Waals surface area contributed by atoms with Crippen LogP contribution in [-0.2, 0) is 0 Å². The number of nitrogens with one attached hydrogen (secondary N) is 1. The van der Waals surface area contributed by atoms with E-state index in [-0.39, 0.29) is 11.9 Å². The van der Waals surface area contributed by atoms with Crippen molar-refractivity contribution in [2.75, 3.05) is 6.54 Å². The maximum absolute atomic E-state index is 13.5. The lowest BCUT2D eigenvalue weighted by Gasteiger charge is -2.14. The first-order chi connectivity index (χ1) is 6.70. The van der Waals surface area contributed by atoms with Crippen molar-refractivity contribution in [1.29, 1.82) is 0 Å². The van der Waals surface area contributed by atoms with E-state index >= 15 is 0 Å². The average molecular weight is 234 g/mol. The number of rotatable bonds is 1. The molecule has 1 aliphatic rings. The molecule has 1 aromatic rings. The molecule has 0 aliphatic carbocycles. The summed E-state index contributed by atoms with van der Waals surface area (Å²) in [7, 11) is 0. The third-order valence-electron chi connectivity index (χ3n) is 2.49. The summed E-state index contributed by atoms with van der Waals surface area (Å²) < 4.78 is 13.5. The van der Waals surface area contributed by atoms with Gasteiger partial charge in [0.15, 0.2) is 0 Å². The van der Waals surface area contributed by atoms with Crippen molar-refractivity contribution in [2.24, 2.45) is 0 Å². The van der Waals surface area contributed by atoms with Gasteiger partial charge >= 0.3 is 0 Å². The standard InChI is InChI=1S/C10H10Cl2FN/c11-6-3-4-7(13)9(10(6)12)8-2-1-5-14-8/h3-4,8,14H,1-2,5H2/t8-/m0/s1. The molecular weight excluding hydrogens is 224 g/mol. The van der Waals surface area contributed by atoms with Gasteiger partial charge in [-0.3, -0.25) is 0 Å². The molecule has 0 unspecified atom stereocenters. The Balaban J connectivity index is 2.44. The molecule has 4 heteroatoms. The van der Waals surface area contributed by atoms with Crippen molar-refractivity contribution in [3.05, 3.63) is 33.6 Å². The number of hydrogen-bond acceptors (Lipinski definition) is 1. The maximum atomic E-state index is 13.5. The van der Waals surface area contributed by atoms with Crippen LogP contribution in [0.5, 0.6) is 0 Å². The van der Waals surface area contributed by atoms with Crippen LogP contribution in [-0.4, -0.2) is 6.54 Å². The predicted molar refractivity (Wildman–Crippen MR) is 56.4 cm³/mol. The molecule has 1 aromatic carbocycles. The highest BCUT2D eigenvalue weighted by atomic mass is 35.5. The summed E-state index contributed by atoms with van der Waals surface area (Å²) in [5.74, 6) is -0.279. The molecule has 0 aromatic heterocycles. The van der Waals surface area contributed by atoms with Crippen LogP contribution < -0.4 is 5.32 Å². The number of hydrogen-bond donors (Lipinski definition) is 1. The van der Waals surface area contributed by atoms with Gasteiger partial charge in [-0.2, -0.15) is 0 Å². The largest absolute Gasteiger partial charge is 0.310 e. The second kappa shape index (κ2) is 4.05. The van der Waals surface area contributed by atoms with E-state index in [0.717, 1.165) is 19.4 Å². The van der Waals surface area contributed by atoms with Gasteiger partial charge in [0.25, 0.3) is 0 Å². The highest BCUT2D eigenvalue weighted by molar-refractivity contribution is 6.42. The fourth-order valence-corrected chi connectivity index (χ4v) is 2.24. The van der Waals surface area contributed by atoms with E-state index in [0.29, 0.717) is 15.6 Å². The predicted octanol–water partition coefficient (Wildman–Crippen LogP) is 3.56. The summed E-state index contributed by atoms with van der Waals surface area (Å²) >= 11 is 11.8. The van der Waals surface area contributed by atoms with Gasteiger partial charge in [0, 0.05) is 11.6 Å². The van der Waals surface area contributed by atoms with Crippen LogP contribution >= 0.6 is 23.2 Å². The van der Waals surface area contributed by atoms with Gasteiger partial charge in [0.05, 0.1) is 10.0 Å². The third kappa shape index (κ3) is 1.74. The summed E-state index contributed by atoms with van der Waals surface area (Å²) in [5, 5.41) is 3.95. The van der Waals surface area contributed by atoms with Crippen LogP contribution in [0.4, 0.5) is 4.39 Å². The van der Waals surface area contributed by atoms with Crippen molar-refractivity contribution in [1.82, 2.24) is 5.32 Å². The van der Waals surface area contributed by atoms with E-state index in [2.05, 4.69) is 5.32 Å². The molecule has 0 amide bonds. The van der Waals surface area contributed by atoms with Gasteiger partial charge in [-0.1, -0.05) is 23.2 Å². The average Bonchev–Trinajstić information content (AvgIpc) is 2.65. The minimum absolute atomic E-state index is 0.0150. The maximum Gasteiger partial charge on any atom is 0.129 e. The molecule has 1 atom stereocenters. The lowest BCUT2D eigenvalue weighted by Crippen LogP contribution is -2.14. The quantitative estimate of drug-likeness (QED) is 0.732. The summed E-state index contributed by atoms with van der Waals surface area (Å²) in [6, 6.07) is 2.86. The Morgan fingerprint density at radius 3 is 2.79 bits per heavy atom. The molecule has 0 saturated carbocycles. The van der Waals surface area contributed by atoms with Crippen molar-refractivity contribution >= 4 is 23.2 Å². The SMILES string of the molecule is Fc1ccc(Cl)c(Cl)c1[C@@H]1CCCN1. The molecule has 1 aliphatic heterocycles. The van der Waals surface area contributed by atoms with E-state index in [1.807, 2.05) is 0 Å². The Kier molecular flexibility index (Phi) is 2.96. The molecule has 1 fully saturated rings. The molecule has 1 heterocycles. The molecule has 2 rings (SSSR count). The van der Waals surface area contributed by atoms with Gasteiger partial charge in [-0.15, -0.1) is 0 Å². The molecule has 0 radical (unpaired) electrons. The Bertz CT molecular complexity index is 348. The van der Waals surface area contributed by atoms with Crippen LogP contribution in [0, 0.1) is 5.82 Å². The smallest absolute Gasteiger partial charge is 0.129 e. The van der Waals surface area contributed by atoms with Crippen LogP contribution in [0.2, 0.25) is 10.0 Å². The number of benzene rings is 1. The van der Waals surface area contributed by atoms with Crippen molar-refractivity contribution in [2.45, 2.75) is 18.9 Å². The van der Waals surface area contributed by atoms with Gasteiger partial charge in [0.1, 0.15) is 5.82 Å². The molecule has 0 spiro atoms. The van der Waals surface area contributed by atoms with Crippen molar-refractivity contribution in [3.8, 4) is 0 Å². The molecule has 1 nitrogen and oxygen atoms in total. The fourth-order valence-electron chi connectivity index (χ4n) is 1.79. The lowest BCUT2D eigenvalue weighted by molar-refractivity contribution is 0.559. The Morgan fingerprint density at radius 1 is 1.36 bits per heavy atom. The van der Waals surface area contributed by atoms with E-state index in [1.165, 1.54) is 12.1 Å². The van der Waals surface area contributed by atoms with Gasteiger partial charge < -0.3 is 5.32 Å². The normalized spacial score (nSPS) is 21.5. The molecule has 14 heavy (non-hydrogen) atoms. The lowest BCUT2D eigenvalue weighted by atomic mass is 10.0. The second-order valence-electron chi connectivity index (χ2n) is 3.41. The van der Waals surface area contributed by atoms with Crippen LogP contribution in [0.3, 0.4) is 0 Å². The van der Waals surface area contributed by atoms with Gasteiger partial charge in [-0.25, -0.2) is 4.39 Å². The summed E-state index contributed by atoms with van der Waals surface area (Å²) in [6.07, 6.45) is 1.96. The molecule has 1 N–H and O–H groups in total. The van der Waals surface area contributed by atoms with Crippen LogP contribution in [0.25, 0.3) is 0 Å². The Labute approximate surface area is 92.2 Å². The topological polar surface area (TPSA) is 12.0 Å². The van der Waals surface area contributed by atoms with E-state index < -0.39 is 0 Å². The summed E-state index contributed by atoms with van der Waals surface area (Å²) in [5.41, 5.74) is 0.511. The molecule has 0 bridgehead atoms. The van der Waals surface area contributed by atoms with Gasteiger partial charge in [0.2, 0.25) is 0 Å². The molecular formula is C10H10Cl2FN. The molecule has 1 saturated heterocycles. The highest BCUT2D eigenvalue weighted by Crippen LogP contribution is 2.35. The monoisotopic (exact) mass is 233 g/mol. The number of halogens is 3. The zero-order valence-corrected chi connectivity index (χ0v) is 9.00. The first-order valence-electron chi connectivity index (χ1n) is 4.57. The first-order valence-corrected chi connectivity index (χ1v) is 5.32. The Morgan fingerprint density at radius 2 is 2.14 bits per heavy atom. The van der Waals surface area contributed by atoms with E-state index in [4.69, 9.17) is 23.2 Å². The van der Waals surface area contributed by atoms with E-state index in [9.17, 15) is 4.39 Å². The van der Waals surface area contributed by atoms with Gasteiger partial charge in [-0.05, 0) is 31.5 Å². The minimum Gasteiger partial charge on any atom is -0.310 e. The zero-order valence-electron chi connectivity index (χ0n) is 7.49. The second-order valence-corrected chi connectivity index (χ2v) is 4.19. The van der Waals surface area contributed by atoms with Crippen molar-refractivity contribution in [3.63, 3.8) is 0 Å². The summed E-state index contributed by atoms with van der Waals surface area (Å²) in [6.45, 7) is 0.910. The molecule has 76 valence electrons. The third-order valence-corrected chi connectivity index (χ3v) is 3.31. The highest BCUT2D eigenvalue weighted by Gasteiger charge is 2.23. The zero-order chi connectivity index (χ0) is 10.1. The van der Waals surface area contributed by atoms with E-state index in [1.54, 1.807) is 0 Å². The van der Waals surface area contributed by atoms with Crippen LogP contribution in [0.1, 0.15) is 24.4 Å². The van der Waals surface area contributed by atoms with Crippen molar-refractivity contribution < 1.29 is 4.39 Å². The summed E-state index contributed by atoms with van der Waals surface area (Å²) in [4.78, 5) is 0. The fraction of sp³-hybridized carbons (Fsp3) is 0.400. The Hall–Kier alpha value is -0.310. The minimum atomic E-state index is -0.279. The van der Waals surface area contributed by atoms with Crippen LogP contribution in [0.15, 0.2) is 12.1 Å².